The lowest BCUT2D eigenvalue weighted by Gasteiger charge is -2.17. The smallest absolute Gasteiger partial charge is 0.0947 e. The van der Waals surface area contributed by atoms with Crippen LogP contribution < -0.4 is 5.32 Å². The van der Waals surface area contributed by atoms with Crippen molar-refractivity contribution in [3.05, 3.63) is 60.3 Å². The van der Waals surface area contributed by atoms with Crippen LogP contribution in [0.4, 0.5) is 0 Å². The number of nitrogens with zero attached hydrogens (tertiary/aromatic N) is 3. The Hall–Kier alpha value is -2.20. The van der Waals surface area contributed by atoms with Crippen LogP contribution in [0.1, 0.15) is 30.6 Å². The first-order valence-corrected chi connectivity index (χ1v) is 7.34. The normalized spacial score (nSPS) is 12.7. The summed E-state index contributed by atoms with van der Waals surface area (Å²) in [5.41, 5.74) is 3.21. The number of aryl methyl sites for hydroxylation is 1. The Morgan fingerprint density at radius 3 is 2.86 bits per heavy atom. The average Bonchev–Trinajstić information content (AvgIpc) is 2.94. The summed E-state index contributed by atoms with van der Waals surface area (Å²) in [6.45, 7) is 3.12. The van der Waals surface area contributed by atoms with Crippen LogP contribution >= 0.6 is 0 Å². The van der Waals surface area contributed by atoms with Crippen LogP contribution in [0.25, 0.3) is 10.9 Å². The fourth-order valence-electron chi connectivity index (χ4n) is 2.51. The summed E-state index contributed by atoms with van der Waals surface area (Å²) < 4.78 is 1.98. The largest absolute Gasteiger partial charge is 0.340 e. The van der Waals surface area contributed by atoms with Gasteiger partial charge in [0.05, 0.1) is 23.6 Å². The molecule has 4 nitrogen and oxygen atoms in total. The number of imidazole rings is 1. The second-order valence-corrected chi connectivity index (χ2v) is 5.31. The molecule has 1 N–H and O–H groups in total. The van der Waals surface area contributed by atoms with E-state index in [1.807, 2.05) is 42.3 Å². The minimum atomic E-state index is 0.0863. The van der Waals surface area contributed by atoms with Gasteiger partial charge in [-0.25, -0.2) is 4.98 Å². The van der Waals surface area contributed by atoms with E-state index in [4.69, 9.17) is 0 Å². The molecule has 0 amide bonds. The number of hydrogen-bond donors (Lipinski definition) is 1. The van der Waals surface area contributed by atoms with Gasteiger partial charge in [-0.15, -0.1) is 0 Å². The molecule has 4 heteroatoms. The number of pyridine rings is 1. The predicted molar refractivity (Wildman–Crippen MR) is 85.1 cm³/mol. The third kappa shape index (κ3) is 2.95. The van der Waals surface area contributed by atoms with Crippen molar-refractivity contribution in [2.24, 2.45) is 7.05 Å². The summed E-state index contributed by atoms with van der Waals surface area (Å²) in [5.74, 6) is 0. The Bertz CT molecular complexity index is 732. The van der Waals surface area contributed by atoms with Crippen LogP contribution in [-0.2, 0) is 7.05 Å². The van der Waals surface area contributed by atoms with Gasteiger partial charge in [-0.1, -0.05) is 25.1 Å². The molecular formula is C17H20N4. The van der Waals surface area contributed by atoms with E-state index in [1.165, 1.54) is 0 Å². The quantitative estimate of drug-likeness (QED) is 0.781. The van der Waals surface area contributed by atoms with Gasteiger partial charge in [0.1, 0.15) is 0 Å². The standard InChI is InChI=1S/C17H20N4/c1-3-8-18-17(16-11-21(2)12-20-16)14-9-13-6-4-5-7-15(13)19-10-14/h4-7,9-12,17-18H,3,8H2,1-2H3. The maximum atomic E-state index is 4.57. The maximum absolute atomic E-state index is 4.57. The molecular weight excluding hydrogens is 260 g/mol. The molecule has 0 saturated heterocycles. The molecule has 0 aliphatic heterocycles. The molecule has 0 saturated carbocycles. The number of benzene rings is 1. The highest BCUT2D eigenvalue weighted by Gasteiger charge is 2.16. The first kappa shape index (κ1) is 13.8. The molecule has 2 aromatic heterocycles. The molecule has 3 rings (SSSR count). The minimum absolute atomic E-state index is 0.0863. The average molecular weight is 280 g/mol. The SMILES string of the molecule is CCCNC(c1cnc2ccccc2c1)c1cn(C)cn1. The number of fused-ring (bicyclic) bond motifs is 1. The number of aromatic nitrogens is 3. The lowest BCUT2D eigenvalue weighted by atomic mass is 10.0. The van der Waals surface area contributed by atoms with E-state index in [0.717, 1.165) is 35.1 Å². The molecule has 0 radical (unpaired) electrons. The maximum Gasteiger partial charge on any atom is 0.0947 e. The Morgan fingerprint density at radius 2 is 2.10 bits per heavy atom. The highest BCUT2D eigenvalue weighted by Crippen LogP contribution is 2.23. The van der Waals surface area contributed by atoms with Gasteiger partial charge < -0.3 is 9.88 Å². The van der Waals surface area contributed by atoms with Crippen molar-refractivity contribution in [2.75, 3.05) is 6.54 Å². The molecule has 0 spiro atoms. The summed E-state index contributed by atoms with van der Waals surface area (Å²) in [6.07, 6.45) is 6.93. The van der Waals surface area contributed by atoms with E-state index in [9.17, 15) is 0 Å². The third-order valence-electron chi connectivity index (χ3n) is 3.56. The summed E-state index contributed by atoms with van der Waals surface area (Å²) in [5, 5.41) is 4.73. The van der Waals surface area contributed by atoms with Crippen molar-refractivity contribution in [2.45, 2.75) is 19.4 Å². The molecule has 0 bridgehead atoms. The van der Waals surface area contributed by atoms with E-state index >= 15 is 0 Å². The molecule has 21 heavy (non-hydrogen) atoms. The van der Waals surface area contributed by atoms with Crippen molar-refractivity contribution in [1.29, 1.82) is 0 Å². The molecule has 2 heterocycles. The van der Waals surface area contributed by atoms with E-state index in [1.54, 1.807) is 0 Å². The summed E-state index contributed by atoms with van der Waals surface area (Å²) in [7, 11) is 1.99. The molecule has 0 aliphatic rings. The van der Waals surface area contributed by atoms with E-state index in [2.05, 4.69) is 40.5 Å². The minimum Gasteiger partial charge on any atom is -0.340 e. The highest BCUT2D eigenvalue weighted by atomic mass is 15.0. The third-order valence-corrected chi connectivity index (χ3v) is 3.56. The molecule has 1 atom stereocenters. The van der Waals surface area contributed by atoms with E-state index < -0.39 is 0 Å². The molecule has 108 valence electrons. The molecule has 1 unspecified atom stereocenters. The van der Waals surface area contributed by atoms with Crippen LogP contribution in [0.5, 0.6) is 0 Å². The Kier molecular flexibility index (Phi) is 3.97. The van der Waals surface area contributed by atoms with Gasteiger partial charge in [0, 0.05) is 24.8 Å². The van der Waals surface area contributed by atoms with Gasteiger partial charge in [-0.3, -0.25) is 4.98 Å². The van der Waals surface area contributed by atoms with Gasteiger partial charge >= 0.3 is 0 Å². The lowest BCUT2D eigenvalue weighted by Crippen LogP contribution is -2.23. The van der Waals surface area contributed by atoms with Crippen molar-refractivity contribution in [3.63, 3.8) is 0 Å². The van der Waals surface area contributed by atoms with Crippen LogP contribution in [-0.4, -0.2) is 21.1 Å². The van der Waals surface area contributed by atoms with Crippen LogP contribution in [0, 0.1) is 0 Å². The van der Waals surface area contributed by atoms with Crippen molar-refractivity contribution in [1.82, 2.24) is 19.9 Å². The number of rotatable bonds is 5. The van der Waals surface area contributed by atoms with Gasteiger partial charge in [-0.05, 0) is 30.7 Å². The van der Waals surface area contributed by atoms with Gasteiger partial charge in [0.15, 0.2) is 0 Å². The first-order valence-electron chi connectivity index (χ1n) is 7.34. The number of nitrogens with one attached hydrogen (secondary N) is 1. The van der Waals surface area contributed by atoms with Crippen molar-refractivity contribution >= 4 is 10.9 Å². The fourth-order valence-corrected chi connectivity index (χ4v) is 2.51. The molecule has 1 aromatic carbocycles. The van der Waals surface area contributed by atoms with E-state index in [-0.39, 0.29) is 6.04 Å². The highest BCUT2D eigenvalue weighted by molar-refractivity contribution is 5.78. The monoisotopic (exact) mass is 280 g/mol. The summed E-state index contributed by atoms with van der Waals surface area (Å²) in [4.78, 5) is 9.07. The Labute approximate surface area is 124 Å². The second kappa shape index (κ2) is 6.06. The zero-order chi connectivity index (χ0) is 14.7. The van der Waals surface area contributed by atoms with Gasteiger partial charge in [0.25, 0.3) is 0 Å². The van der Waals surface area contributed by atoms with Gasteiger partial charge in [-0.2, -0.15) is 0 Å². The Morgan fingerprint density at radius 1 is 1.24 bits per heavy atom. The van der Waals surface area contributed by atoms with Crippen LogP contribution in [0.3, 0.4) is 0 Å². The van der Waals surface area contributed by atoms with Crippen LogP contribution in [0.15, 0.2) is 49.1 Å². The summed E-state index contributed by atoms with van der Waals surface area (Å²) in [6, 6.07) is 10.5. The number of hydrogen-bond acceptors (Lipinski definition) is 3. The van der Waals surface area contributed by atoms with Gasteiger partial charge in [0.2, 0.25) is 0 Å². The molecule has 0 aliphatic carbocycles. The fraction of sp³-hybridized carbons (Fsp3) is 0.294. The van der Waals surface area contributed by atoms with Crippen molar-refractivity contribution in [3.8, 4) is 0 Å². The molecule has 0 fully saturated rings. The zero-order valence-corrected chi connectivity index (χ0v) is 12.5. The van der Waals surface area contributed by atoms with Crippen LogP contribution in [0.2, 0.25) is 0 Å². The van der Waals surface area contributed by atoms with E-state index in [0.29, 0.717) is 0 Å². The lowest BCUT2D eigenvalue weighted by molar-refractivity contribution is 0.587. The Balaban J connectivity index is 2.00. The predicted octanol–water partition coefficient (Wildman–Crippen LogP) is 3.06. The summed E-state index contributed by atoms with van der Waals surface area (Å²) >= 11 is 0. The first-order chi connectivity index (χ1) is 10.3. The zero-order valence-electron chi connectivity index (χ0n) is 12.5. The molecule has 3 aromatic rings. The second-order valence-electron chi connectivity index (χ2n) is 5.31. The number of para-hydroxylation sites is 1. The van der Waals surface area contributed by atoms with Crippen molar-refractivity contribution < 1.29 is 0 Å². The topological polar surface area (TPSA) is 42.7 Å².